The Kier molecular flexibility index (Phi) is 24.5. The Morgan fingerprint density at radius 1 is 0.900 bits per heavy atom. The third-order valence-electron chi connectivity index (χ3n) is 17.3. The van der Waals surface area contributed by atoms with Crippen LogP contribution in [0.4, 0.5) is 0 Å². The molecular weight excluding hydrogens is 1030 g/mol. The zero-order chi connectivity index (χ0) is 59.3. The number of hydrogen-bond acceptors (Lipinski definition) is 16. The van der Waals surface area contributed by atoms with Crippen molar-refractivity contribution in [3.05, 3.63) is 65.8 Å². The van der Waals surface area contributed by atoms with Crippen molar-refractivity contribution in [3.63, 3.8) is 0 Å². The van der Waals surface area contributed by atoms with E-state index in [4.69, 9.17) is 9.47 Å². The second-order valence-electron chi connectivity index (χ2n) is 23.8. The number of phenolic OH excluding ortho intramolecular Hbond substituents is 1. The maximum absolute atomic E-state index is 14.6. The Balaban J connectivity index is 1.36. The predicted octanol–water partition coefficient (Wildman–Crippen LogP) is 3.57. The molecule has 4 heterocycles. The van der Waals surface area contributed by atoms with Gasteiger partial charge in [0.2, 0.25) is 17.7 Å². The number of cyclic esters (lactones) is 1. The summed E-state index contributed by atoms with van der Waals surface area (Å²) in [6, 6.07) is 2.61. The van der Waals surface area contributed by atoms with Crippen LogP contribution in [0.15, 0.2) is 60.2 Å². The molecule has 0 aromatic heterocycles. The minimum atomic E-state index is -1.48. The molecule has 3 fully saturated rings. The molecule has 0 radical (unpaired) electrons. The van der Waals surface area contributed by atoms with Gasteiger partial charge in [-0.25, -0.2) is 5.43 Å². The van der Waals surface area contributed by atoms with Gasteiger partial charge in [-0.15, -0.1) is 0 Å². The van der Waals surface area contributed by atoms with E-state index in [0.717, 1.165) is 0 Å². The fraction of sp³-hybridized carbons (Fsp3) is 0.700. The second-order valence-corrected chi connectivity index (χ2v) is 23.8. The molecule has 4 amide bonds. The number of nitrogens with zero attached hydrogens (tertiary/aromatic N) is 1. The second kappa shape index (κ2) is 29.8. The highest BCUT2D eigenvalue weighted by atomic mass is 16.5. The zero-order valence-corrected chi connectivity index (χ0v) is 48.5. The monoisotopic (exact) mass is 1120 g/mol. The number of nitrogens with one attached hydrogen (secondary N) is 4. The van der Waals surface area contributed by atoms with Gasteiger partial charge in [0.1, 0.15) is 41.5 Å². The van der Waals surface area contributed by atoms with E-state index in [1.807, 2.05) is 34.6 Å². The number of aliphatic hydroxyl groups excluding tert-OH is 6. The van der Waals surface area contributed by atoms with Gasteiger partial charge in [-0.3, -0.25) is 29.0 Å². The number of carbonyl (C=O) groups is 6. The third kappa shape index (κ3) is 17.0. The first kappa shape index (κ1) is 65.7. The minimum Gasteiger partial charge on any atom is -0.508 e. The van der Waals surface area contributed by atoms with Gasteiger partial charge >= 0.3 is 5.97 Å². The first-order valence-electron chi connectivity index (χ1n) is 28.9. The number of piperidine rings is 1. The summed E-state index contributed by atoms with van der Waals surface area (Å²) in [4.78, 5) is 82.3. The van der Waals surface area contributed by atoms with E-state index in [2.05, 4.69) is 21.4 Å². The molecule has 19 atom stereocenters. The average Bonchev–Trinajstić information content (AvgIpc) is 3.41. The van der Waals surface area contributed by atoms with Gasteiger partial charge < -0.3 is 66.0 Å². The number of carbonyl (C=O) groups excluding carboxylic acids is 6. The van der Waals surface area contributed by atoms with Crippen LogP contribution in [0.1, 0.15) is 139 Å². The molecule has 1 aromatic rings. The number of aliphatic hydroxyl groups is 6. The normalized spacial score (nSPS) is 34.3. The minimum absolute atomic E-state index is 0.0501. The van der Waals surface area contributed by atoms with Crippen molar-refractivity contribution in [1.82, 2.24) is 26.4 Å². The summed E-state index contributed by atoms with van der Waals surface area (Å²) in [6.07, 6.45) is 1.04. The Morgan fingerprint density at radius 3 is 2.27 bits per heavy atom. The van der Waals surface area contributed by atoms with Crippen LogP contribution >= 0.6 is 0 Å². The molecule has 0 aliphatic carbocycles. The standard InChI is InChI=1S/C60H93N5O15/c1-11-41-28-35(6)60(63-55(41)74)39(10)53(72)38(9)51(80-60)31-48(70)33(4)22-25-47(69)49(71)27-34(5)50-21-14-12-13-20-46(68)37(8)54(73)43(24-23-36(7)66)56(75)62-52(32(2)3)57(76)61-45(30-40-17-15-18-42(67)29-40)58(77)65-26-16-19-44(64-65)59(78)79-50/h12-15,17-18,20,27,29,32-33,35,37-39,41,43-54,64,67-73H,11,16,19,21-26,28,30-31H2,1-10H3,(H,61,76)(H,62,75)(H,63,74)/t33-,35-,37-,38-,39-,41-,43+,44?,45-,46-,47-,48-,49-,50-,51-,52-,53-,54+,60+/m0/s1. The first-order valence-corrected chi connectivity index (χ1v) is 28.9. The molecule has 1 spiro atoms. The number of hydrogen-bond donors (Lipinski definition) is 11. The van der Waals surface area contributed by atoms with Crippen LogP contribution in [-0.4, -0.2) is 155 Å². The van der Waals surface area contributed by atoms with Crippen molar-refractivity contribution in [1.29, 1.82) is 0 Å². The van der Waals surface area contributed by atoms with Crippen LogP contribution in [0, 0.1) is 47.3 Å². The van der Waals surface area contributed by atoms with Crippen LogP contribution in [0.3, 0.4) is 0 Å². The number of fused-ring (bicyclic) bond motifs is 2. The SMILES string of the molecule is CC[C@H]1C[C@H](C)[C@@]2(NC1=O)O[C@@H](C[C@H](O)[C@@H](C)CC[C@H](O)[C@@H](O)C=C(C)[C@@H]1CC=CC=C[C@H](O)[C@H](C)[C@@H](O)[C@@H](CCC(C)=O)C(=O)N[C@@H](C(C)C)C(=O)N[C@@H](Cc3cccc(O)c3)C(=O)N3CCCC(N3)C(=O)O1)[C@H](C)[C@H](O)[C@@H]2C. The molecule has 3 saturated heterocycles. The lowest BCUT2D eigenvalue weighted by Gasteiger charge is -2.56. The number of esters is 1. The molecule has 11 N–H and O–H groups in total. The van der Waals surface area contributed by atoms with Gasteiger partial charge in [0.05, 0.1) is 48.6 Å². The summed E-state index contributed by atoms with van der Waals surface area (Å²) in [5.74, 6) is -7.27. The number of Topliss-reactive ketones (excluding diaryl/α,β-unsaturated/α-hetero) is 1. The van der Waals surface area contributed by atoms with Crippen LogP contribution in [0.5, 0.6) is 5.75 Å². The Hall–Kier alpha value is -5.06. The summed E-state index contributed by atoms with van der Waals surface area (Å²) >= 11 is 0. The topological polar surface area (TPSA) is 314 Å². The van der Waals surface area contributed by atoms with Crippen LogP contribution in [0.25, 0.3) is 0 Å². The van der Waals surface area contributed by atoms with Gasteiger partial charge in [0.15, 0.2) is 0 Å². The number of ketones is 1. The fourth-order valence-corrected chi connectivity index (χ4v) is 11.6. The lowest BCUT2D eigenvalue weighted by molar-refractivity contribution is -0.267. The first-order chi connectivity index (χ1) is 37.7. The van der Waals surface area contributed by atoms with Crippen molar-refractivity contribution < 1.29 is 74.0 Å². The molecule has 1 unspecified atom stereocenters. The Bertz CT molecular complexity index is 2360. The maximum Gasteiger partial charge on any atom is 0.325 e. The number of allylic oxidation sites excluding steroid dienone is 2. The molecule has 80 heavy (non-hydrogen) atoms. The molecule has 2 bridgehead atoms. The molecule has 448 valence electrons. The van der Waals surface area contributed by atoms with Crippen molar-refractivity contribution in [2.75, 3.05) is 6.54 Å². The highest BCUT2D eigenvalue weighted by Crippen LogP contribution is 2.46. The third-order valence-corrected chi connectivity index (χ3v) is 17.3. The van der Waals surface area contributed by atoms with Crippen molar-refractivity contribution >= 4 is 35.4 Å². The van der Waals surface area contributed by atoms with E-state index in [1.165, 1.54) is 42.3 Å². The van der Waals surface area contributed by atoms with Crippen LogP contribution in [0.2, 0.25) is 0 Å². The summed E-state index contributed by atoms with van der Waals surface area (Å²) in [5.41, 5.74) is 2.77. The van der Waals surface area contributed by atoms with E-state index in [0.29, 0.717) is 36.8 Å². The largest absolute Gasteiger partial charge is 0.508 e. The predicted molar refractivity (Wildman–Crippen MR) is 298 cm³/mol. The van der Waals surface area contributed by atoms with E-state index >= 15 is 0 Å². The molecule has 1 aromatic carbocycles. The van der Waals surface area contributed by atoms with Gasteiger partial charge in [-0.2, -0.15) is 0 Å². The van der Waals surface area contributed by atoms with Crippen molar-refractivity contribution in [3.8, 4) is 5.75 Å². The van der Waals surface area contributed by atoms with Crippen molar-refractivity contribution in [2.24, 2.45) is 47.3 Å². The van der Waals surface area contributed by atoms with E-state index in [9.17, 15) is 64.5 Å². The summed E-state index contributed by atoms with van der Waals surface area (Å²) < 4.78 is 12.8. The smallest absolute Gasteiger partial charge is 0.325 e. The number of phenols is 1. The van der Waals surface area contributed by atoms with Gasteiger partial charge in [-0.1, -0.05) is 97.9 Å². The van der Waals surface area contributed by atoms with E-state index < -0.39 is 114 Å². The summed E-state index contributed by atoms with van der Waals surface area (Å²) in [5, 5.41) is 88.7. The molecule has 20 nitrogen and oxygen atoms in total. The zero-order valence-electron chi connectivity index (χ0n) is 48.5. The highest BCUT2D eigenvalue weighted by molar-refractivity contribution is 5.93. The lowest BCUT2D eigenvalue weighted by Crippen LogP contribution is -2.71. The molecular formula is C60H93N5O15. The molecule has 20 heteroatoms. The van der Waals surface area contributed by atoms with E-state index in [-0.39, 0.29) is 98.5 Å². The highest BCUT2D eigenvalue weighted by Gasteiger charge is 2.57. The number of hydrazine groups is 1. The van der Waals surface area contributed by atoms with Crippen LogP contribution in [-0.2, 0) is 44.7 Å². The molecule has 4 aliphatic rings. The molecule has 0 saturated carbocycles. The fourth-order valence-electron chi connectivity index (χ4n) is 11.6. The molecule has 4 aliphatic heterocycles. The van der Waals surface area contributed by atoms with Crippen molar-refractivity contribution in [2.45, 2.75) is 213 Å². The maximum atomic E-state index is 14.6. The quantitative estimate of drug-likeness (QED) is 0.0833. The van der Waals surface area contributed by atoms with Gasteiger partial charge in [0.25, 0.3) is 5.91 Å². The summed E-state index contributed by atoms with van der Waals surface area (Å²) in [6.45, 7) is 17.6. The lowest BCUT2D eigenvalue weighted by atomic mass is 9.69. The number of benzene rings is 1. The number of amides is 4. The molecule has 5 rings (SSSR count). The van der Waals surface area contributed by atoms with E-state index in [1.54, 1.807) is 52.0 Å². The average molecular weight is 1120 g/mol. The number of rotatable bonds is 16. The van der Waals surface area contributed by atoms with Crippen LogP contribution < -0.4 is 21.4 Å². The summed E-state index contributed by atoms with van der Waals surface area (Å²) in [7, 11) is 0. The Labute approximate surface area is 472 Å². The Morgan fingerprint density at radius 2 is 1.61 bits per heavy atom. The number of aromatic hydroxyl groups is 1. The number of ether oxygens (including phenoxy) is 2. The van der Waals surface area contributed by atoms with Gasteiger partial charge in [0, 0.05) is 61.8 Å². The van der Waals surface area contributed by atoms with Gasteiger partial charge in [-0.05, 0) is 93.9 Å².